The number of benzene rings is 2. The van der Waals surface area contributed by atoms with E-state index < -0.39 is 10.0 Å². The molecule has 2 aromatic rings. The highest BCUT2D eigenvalue weighted by Crippen LogP contribution is 2.16. The van der Waals surface area contributed by atoms with Crippen molar-refractivity contribution in [3.05, 3.63) is 54.1 Å². The van der Waals surface area contributed by atoms with Gasteiger partial charge in [-0.25, -0.2) is 13.1 Å². The van der Waals surface area contributed by atoms with Gasteiger partial charge >= 0.3 is 0 Å². The van der Waals surface area contributed by atoms with Gasteiger partial charge in [-0.2, -0.15) is 0 Å². The Morgan fingerprint density at radius 2 is 1.68 bits per heavy atom. The van der Waals surface area contributed by atoms with Gasteiger partial charge in [-0.3, -0.25) is 4.79 Å². The highest BCUT2D eigenvalue weighted by molar-refractivity contribution is 7.89. The van der Waals surface area contributed by atoms with E-state index in [1.807, 2.05) is 32.9 Å². The fourth-order valence-corrected chi connectivity index (χ4v) is 3.69. The molecule has 7 heteroatoms. The van der Waals surface area contributed by atoms with Gasteiger partial charge in [0.15, 0.2) is 0 Å². The molecule has 6 nitrogen and oxygen atoms in total. The van der Waals surface area contributed by atoms with E-state index in [0.29, 0.717) is 31.7 Å². The summed E-state index contributed by atoms with van der Waals surface area (Å²) in [6.07, 6.45) is 0.841. The zero-order chi connectivity index (χ0) is 20.6. The summed E-state index contributed by atoms with van der Waals surface area (Å²) in [5.41, 5.74) is 1.62. The Morgan fingerprint density at radius 3 is 2.25 bits per heavy atom. The second kappa shape index (κ2) is 10.2. The Morgan fingerprint density at radius 1 is 1.04 bits per heavy atom. The molecule has 1 amide bonds. The maximum Gasteiger partial charge on any atom is 0.240 e. The molecule has 28 heavy (non-hydrogen) atoms. The molecular weight excluding hydrogens is 376 g/mol. The average Bonchev–Trinajstić information content (AvgIpc) is 2.67. The minimum atomic E-state index is -3.49. The van der Waals surface area contributed by atoms with E-state index in [4.69, 9.17) is 4.74 Å². The zero-order valence-electron chi connectivity index (χ0n) is 16.6. The third-order valence-electron chi connectivity index (χ3n) is 4.01. The number of amides is 1. The first-order valence-electron chi connectivity index (χ1n) is 9.41. The Labute approximate surface area is 167 Å². The minimum absolute atomic E-state index is 0.0977. The molecule has 2 aromatic carbocycles. The number of hydrogen-bond donors (Lipinski definition) is 2. The SMILES string of the molecule is CCOc1ccc(NC(=O)CCc2ccc(S(=O)(=O)NCC(C)C)cc2)cc1. The quantitative estimate of drug-likeness (QED) is 0.634. The van der Waals surface area contributed by atoms with Crippen LogP contribution in [0.3, 0.4) is 0 Å². The molecule has 0 atom stereocenters. The van der Waals surface area contributed by atoms with Crippen LogP contribution in [0.5, 0.6) is 5.75 Å². The molecule has 0 aliphatic rings. The second-order valence-corrected chi connectivity index (χ2v) is 8.66. The highest BCUT2D eigenvalue weighted by atomic mass is 32.2. The first-order chi connectivity index (χ1) is 13.3. The summed E-state index contributed by atoms with van der Waals surface area (Å²) < 4.78 is 32.4. The van der Waals surface area contributed by atoms with Crippen LogP contribution in [-0.4, -0.2) is 27.5 Å². The van der Waals surface area contributed by atoms with Crippen molar-refractivity contribution in [2.75, 3.05) is 18.5 Å². The number of ether oxygens (including phenoxy) is 1. The normalized spacial score (nSPS) is 11.4. The van der Waals surface area contributed by atoms with Crippen molar-refractivity contribution < 1.29 is 17.9 Å². The standard InChI is InChI=1S/C21H28N2O4S/c1-4-27-19-10-8-18(9-11-19)23-21(24)14-7-17-5-12-20(13-6-17)28(25,26)22-15-16(2)3/h5-6,8-13,16,22H,4,7,14-15H2,1-3H3,(H,23,24). The lowest BCUT2D eigenvalue weighted by molar-refractivity contribution is -0.116. The Bertz CT molecular complexity index is 860. The van der Waals surface area contributed by atoms with Crippen LogP contribution in [-0.2, 0) is 21.2 Å². The zero-order valence-corrected chi connectivity index (χ0v) is 17.4. The van der Waals surface area contributed by atoms with Gasteiger partial charge in [0.05, 0.1) is 11.5 Å². The van der Waals surface area contributed by atoms with Gasteiger partial charge in [0, 0.05) is 18.7 Å². The van der Waals surface area contributed by atoms with Crippen molar-refractivity contribution in [3.63, 3.8) is 0 Å². The van der Waals surface area contributed by atoms with E-state index in [1.54, 1.807) is 36.4 Å². The molecular formula is C21H28N2O4S. The summed E-state index contributed by atoms with van der Waals surface area (Å²) in [5, 5.41) is 2.84. The molecule has 0 aromatic heterocycles. The summed E-state index contributed by atoms with van der Waals surface area (Å²) in [4.78, 5) is 12.4. The average molecular weight is 405 g/mol. The molecule has 0 unspecified atom stereocenters. The van der Waals surface area contributed by atoms with Crippen molar-refractivity contribution in [1.29, 1.82) is 0 Å². The van der Waals surface area contributed by atoms with Crippen molar-refractivity contribution in [3.8, 4) is 5.75 Å². The van der Waals surface area contributed by atoms with E-state index in [-0.39, 0.29) is 16.7 Å². The summed E-state index contributed by atoms with van der Waals surface area (Å²) in [7, 11) is -3.49. The molecule has 2 N–H and O–H groups in total. The van der Waals surface area contributed by atoms with Crippen LogP contribution < -0.4 is 14.8 Å². The van der Waals surface area contributed by atoms with E-state index in [9.17, 15) is 13.2 Å². The number of sulfonamides is 1. The molecule has 0 aliphatic carbocycles. The monoisotopic (exact) mass is 404 g/mol. The molecule has 0 fully saturated rings. The van der Waals surface area contributed by atoms with Gasteiger partial charge < -0.3 is 10.1 Å². The number of nitrogens with one attached hydrogen (secondary N) is 2. The van der Waals surface area contributed by atoms with Crippen LogP contribution in [0.2, 0.25) is 0 Å². The third kappa shape index (κ3) is 6.98. The van der Waals surface area contributed by atoms with Gasteiger partial charge in [0.2, 0.25) is 15.9 Å². The number of anilines is 1. The second-order valence-electron chi connectivity index (χ2n) is 6.90. The Balaban J connectivity index is 1.86. The molecule has 2 rings (SSSR count). The Hall–Kier alpha value is -2.38. The van der Waals surface area contributed by atoms with Crippen molar-refractivity contribution in [1.82, 2.24) is 4.72 Å². The van der Waals surface area contributed by atoms with E-state index in [2.05, 4.69) is 10.0 Å². The lowest BCUT2D eigenvalue weighted by Crippen LogP contribution is -2.27. The predicted octanol–water partition coefficient (Wildman–Crippen LogP) is 3.59. The van der Waals surface area contributed by atoms with Crippen molar-refractivity contribution >= 4 is 21.6 Å². The number of carbonyl (C=O) groups excluding carboxylic acids is 1. The number of aryl methyl sites for hydroxylation is 1. The molecule has 0 radical (unpaired) electrons. The largest absolute Gasteiger partial charge is 0.494 e. The number of rotatable bonds is 10. The lowest BCUT2D eigenvalue weighted by Gasteiger charge is -2.10. The van der Waals surface area contributed by atoms with Gasteiger partial charge in [-0.05, 0) is 61.2 Å². The molecule has 0 bridgehead atoms. The van der Waals surface area contributed by atoms with Gasteiger partial charge in [-0.1, -0.05) is 26.0 Å². The maximum atomic E-state index is 12.2. The van der Waals surface area contributed by atoms with Crippen LogP contribution in [0, 0.1) is 5.92 Å². The van der Waals surface area contributed by atoms with Gasteiger partial charge in [0.25, 0.3) is 0 Å². The molecule has 0 saturated heterocycles. The van der Waals surface area contributed by atoms with Crippen LogP contribution in [0.25, 0.3) is 0 Å². The third-order valence-corrected chi connectivity index (χ3v) is 5.44. The maximum absolute atomic E-state index is 12.2. The number of hydrogen-bond acceptors (Lipinski definition) is 4. The molecule has 152 valence electrons. The van der Waals surface area contributed by atoms with Crippen LogP contribution in [0.15, 0.2) is 53.4 Å². The predicted molar refractivity (Wildman–Crippen MR) is 111 cm³/mol. The summed E-state index contributed by atoms with van der Waals surface area (Å²) in [5.74, 6) is 0.904. The summed E-state index contributed by atoms with van der Waals surface area (Å²) in [6.45, 7) is 6.81. The van der Waals surface area contributed by atoms with E-state index in [1.165, 1.54) is 0 Å². The van der Waals surface area contributed by atoms with Gasteiger partial charge in [-0.15, -0.1) is 0 Å². The van der Waals surface area contributed by atoms with Crippen molar-refractivity contribution in [2.45, 2.75) is 38.5 Å². The summed E-state index contributed by atoms with van der Waals surface area (Å²) in [6, 6.07) is 13.9. The molecule has 0 aliphatic heterocycles. The highest BCUT2D eigenvalue weighted by Gasteiger charge is 2.14. The molecule has 0 spiro atoms. The topological polar surface area (TPSA) is 84.5 Å². The van der Waals surface area contributed by atoms with E-state index >= 15 is 0 Å². The van der Waals surface area contributed by atoms with Crippen LogP contribution in [0.1, 0.15) is 32.8 Å². The van der Waals surface area contributed by atoms with Crippen molar-refractivity contribution in [2.24, 2.45) is 5.92 Å². The number of carbonyl (C=O) groups is 1. The fourth-order valence-electron chi connectivity index (χ4n) is 2.48. The van der Waals surface area contributed by atoms with Crippen LogP contribution >= 0.6 is 0 Å². The summed E-state index contributed by atoms with van der Waals surface area (Å²) >= 11 is 0. The van der Waals surface area contributed by atoms with Crippen LogP contribution in [0.4, 0.5) is 5.69 Å². The fraction of sp³-hybridized carbons (Fsp3) is 0.381. The molecule has 0 saturated carbocycles. The van der Waals surface area contributed by atoms with Gasteiger partial charge in [0.1, 0.15) is 5.75 Å². The first-order valence-corrected chi connectivity index (χ1v) is 10.9. The Kier molecular flexibility index (Phi) is 8.02. The smallest absolute Gasteiger partial charge is 0.240 e. The molecule has 0 heterocycles. The lowest BCUT2D eigenvalue weighted by atomic mass is 10.1. The minimum Gasteiger partial charge on any atom is -0.494 e. The first kappa shape index (κ1) is 21.9. The van der Waals surface area contributed by atoms with E-state index in [0.717, 1.165) is 11.3 Å².